The summed E-state index contributed by atoms with van der Waals surface area (Å²) in [5.41, 5.74) is 5.56. The summed E-state index contributed by atoms with van der Waals surface area (Å²) in [5.74, 6) is 0.468. The molecule has 2 aromatic rings. The van der Waals surface area contributed by atoms with Crippen LogP contribution < -0.4 is 15.4 Å². The lowest BCUT2D eigenvalue weighted by Crippen LogP contribution is -2.47. The van der Waals surface area contributed by atoms with Crippen LogP contribution in [0.4, 0.5) is 19.4 Å². The van der Waals surface area contributed by atoms with Gasteiger partial charge < -0.3 is 19.8 Å². The van der Waals surface area contributed by atoms with Crippen LogP contribution in [0.5, 0.6) is 5.75 Å². The number of amides is 2. The predicted molar refractivity (Wildman–Crippen MR) is 108 cm³/mol. The Hall–Kier alpha value is -3.17. The van der Waals surface area contributed by atoms with Crippen molar-refractivity contribution < 1.29 is 27.8 Å². The van der Waals surface area contributed by atoms with Gasteiger partial charge in [-0.15, -0.1) is 0 Å². The van der Waals surface area contributed by atoms with Crippen LogP contribution in [0.25, 0.3) is 11.4 Å². The van der Waals surface area contributed by atoms with E-state index in [0.29, 0.717) is 36.7 Å². The van der Waals surface area contributed by atoms with Crippen LogP contribution in [-0.4, -0.2) is 46.2 Å². The van der Waals surface area contributed by atoms with Crippen molar-refractivity contribution in [3.63, 3.8) is 0 Å². The number of fused-ring (bicyclic) bond motifs is 3. The van der Waals surface area contributed by atoms with Crippen molar-refractivity contribution in [2.24, 2.45) is 11.7 Å². The number of aromatic nitrogens is 2. The lowest BCUT2D eigenvalue weighted by atomic mass is 9.99. The number of carbonyl (C=O) groups excluding carboxylic acids is 2. The first-order valence-corrected chi connectivity index (χ1v) is 10.0. The SMILES string of the molecule is C[C@H](Cc1ccc2c(c1)OCCn1cc(N3C(=O)OC(C)(C)[C@H]3C(F)F)nc1-2)C(N)=O. The molecule has 2 amide bonds. The van der Waals surface area contributed by atoms with Gasteiger partial charge in [0.25, 0.3) is 6.43 Å². The molecule has 3 heterocycles. The van der Waals surface area contributed by atoms with E-state index in [2.05, 4.69) is 4.98 Å². The van der Waals surface area contributed by atoms with E-state index in [9.17, 15) is 18.4 Å². The second kappa shape index (κ2) is 7.51. The Morgan fingerprint density at radius 2 is 2.13 bits per heavy atom. The first-order valence-electron chi connectivity index (χ1n) is 10.0. The van der Waals surface area contributed by atoms with E-state index in [1.165, 1.54) is 13.8 Å². The predicted octanol–water partition coefficient (Wildman–Crippen LogP) is 2.98. The third-order valence-electron chi connectivity index (χ3n) is 5.69. The molecule has 2 N–H and O–H groups in total. The Bertz CT molecular complexity index is 1040. The summed E-state index contributed by atoms with van der Waals surface area (Å²) < 4.78 is 40.4. The molecule has 10 heteroatoms. The van der Waals surface area contributed by atoms with E-state index < -0.39 is 24.2 Å². The molecule has 31 heavy (non-hydrogen) atoms. The third-order valence-corrected chi connectivity index (χ3v) is 5.69. The Morgan fingerprint density at radius 1 is 1.39 bits per heavy atom. The van der Waals surface area contributed by atoms with Gasteiger partial charge in [0.15, 0.2) is 5.82 Å². The molecule has 0 aliphatic carbocycles. The van der Waals surface area contributed by atoms with Crippen molar-refractivity contribution in [1.82, 2.24) is 9.55 Å². The normalized spacial score (nSPS) is 20.5. The molecule has 0 unspecified atom stereocenters. The highest BCUT2D eigenvalue weighted by atomic mass is 19.3. The average molecular weight is 434 g/mol. The molecule has 1 aromatic heterocycles. The van der Waals surface area contributed by atoms with Crippen molar-refractivity contribution in [3.05, 3.63) is 30.0 Å². The minimum atomic E-state index is -2.80. The summed E-state index contributed by atoms with van der Waals surface area (Å²) in [6.45, 7) is 5.43. The molecule has 2 aliphatic rings. The van der Waals surface area contributed by atoms with E-state index in [0.717, 1.165) is 10.5 Å². The highest BCUT2D eigenvalue weighted by Crippen LogP contribution is 2.39. The number of hydrogen-bond donors (Lipinski definition) is 1. The standard InChI is InChI=1S/C21H24F2N4O4/c1-11(18(24)28)8-12-4-5-13-14(9-12)30-7-6-26-10-15(25-19(13)26)27-16(17(22)23)21(2,3)31-20(27)29/h4-5,9-11,16-17H,6-8H2,1-3H3,(H2,24,28)/t11-,16-/m1/s1. The second-order valence-electron chi connectivity index (χ2n) is 8.42. The van der Waals surface area contributed by atoms with Crippen LogP contribution in [0.15, 0.2) is 24.4 Å². The van der Waals surface area contributed by atoms with E-state index in [4.69, 9.17) is 15.2 Å². The van der Waals surface area contributed by atoms with E-state index in [-0.39, 0.29) is 17.6 Å². The lowest BCUT2D eigenvalue weighted by molar-refractivity contribution is -0.121. The van der Waals surface area contributed by atoms with Gasteiger partial charge in [-0.25, -0.2) is 23.5 Å². The Morgan fingerprint density at radius 3 is 2.81 bits per heavy atom. The van der Waals surface area contributed by atoms with Crippen molar-refractivity contribution >= 4 is 17.8 Å². The average Bonchev–Trinajstić information content (AvgIpc) is 3.13. The summed E-state index contributed by atoms with van der Waals surface area (Å²) in [6, 6.07) is 4.03. The van der Waals surface area contributed by atoms with Gasteiger partial charge in [-0.2, -0.15) is 0 Å². The van der Waals surface area contributed by atoms with E-state index in [1.54, 1.807) is 17.7 Å². The molecular formula is C21H24F2N4O4. The van der Waals surface area contributed by atoms with Crippen molar-refractivity contribution in [2.45, 2.75) is 51.8 Å². The number of alkyl halides is 2. The number of cyclic esters (lactones) is 1. The summed E-state index contributed by atoms with van der Waals surface area (Å²) >= 11 is 0. The van der Waals surface area contributed by atoms with Crippen molar-refractivity contribution in [1.29, 1.82) is 0 Å². The highest BCUT2D eigenvalue weighted by molar-refractivity contribution is 5.90. The first-order chi connectivity index (χ1) is 14.6. The summed E-state index contributed by atoms with van der Waals surface area (Å²) in [6.07, 6.45) is -1.62. The number of nitrogens with zero attached hydrogens (tertiary/aromatic N) is 3. The summed E-state index contributed by atoms with van der Waals surface area (Å²) in [5, 5.41) is 0. The fraction of sp³-hybridized carbons (Fsp3) is 0.476. The van der Waals surface area contributed by atoms with Gasteiger partial charge in [-0.3, -0.25) is 4.79 Å². The zero-order valence-electron chi connectivity index (χ0n) is 17.5. The van der Waals surface area contributed by atoms with Gasteiger partial charge in [-0.1, -0.05) is 13.0 Å². The summed E-state index contributed by atoms with van der Waals surface area (Å²) in [7, 11) is 0. The van der Waals surface area contributed by atoms with Crippen LogP contribution in [0.2, 0.25) is 0 Å². The van der Waals surface area contributed by atoms with Gasteiger partial charge in [0.2, 0.25) is 5.91 Å². The van der Waals surface area contributed by atoms with Gasteiger partial charge in [0.1, 0.15) is 29.8 Å². The maximum atomic E-state index is 13.8. The lowest BCUT2D eigenvalue weighted by Gasteiger charge is -2.26. The Kier molecular flexibility index (Phi) is 5.10. The zero-order chi connectivity index (χ0) is 22.5. The molecule has 0 saturated carbocycles. The number of imidazole rings is 1. The molecule has 0 radical (unpaired) electrons. The summed E-state index contributed by atoms with van der Waals surface area (Å²) in [4.78, 5) is 29.2. The van der Waals surface area contributed by atoms with Gasteiger partial charge >= 0.3 is 6.09 Å². The molecule has 0 spiro atoms. The van der Waals surface area contributed by atoms with E-state index >= 15 is 0 Å². The fourth-order valence-electron chi connectivity index (χ4n) is 4.02. The van der Waals surface area contributed by atoms with Gasteiger partial charge in [0.05, 0.1) is 12.1 Å². The number of rotatable bonds is 5. The number of carbonyl (C=O) groups is 2. The molecule has 1 saturated heterocycles. The smallest absolute Gasteiger partial charge is 0.416 e. The number of benzene rings is 1. The minimum Gasteiger partial charge on any atom is -0.491 e. The highest BCUT2D eigenvalue weighted by Gasteiger charge is 2.54. The number of nitrogens with two attached hydrogens (primary N) is 1. The number of hydrogen-bond acceptors (Lipinski definition) is 5. The number of halogens is 2. The van der Waals surface area contributed by atoms with Gasteiger partial charge in [0, 0.05) is 12.1 Å². The molecule has 0 bridgehead atoms. The van der Waals surface area contributed by atoms with Crippen LogP contribution in [0.3, 0.4) is 0 Å². The second-order valence-corrected chi connectivity index (χ2v) is 8.42. The monoisotopic (exact) mass is 434 g/mol. The first kappa shape index (κ1) is 21.1. The molecule has 2 aliphatic heterocycles. The van der Waals surface area contributed by atoms with Crippen molar-refractivity contribution in [2.75, 3.05) is 11.5 Å². The quantitative estimate of drug-likeness (QED) is 0.780. The zero-order valence-corrected chi connectivity index (χ0v) is 17.5. The number of ether oxygens (including phenoxy) is 2. The third kappa shape index (κ3) is 3.70. The topological polar surface area (TPSA) is 99.7 Å². The van der Waals surface area contributed by atoms with Crippen molar-refractivity contribution in [3.8, 4) is 17.1 Å². The largest absolute Gasteiger partial charge is 0.491 e. The molecule has 1 aromatic carbocycles. The minimum absolute atomic E-state index is 0.107. The number of anilines is 1. The van der Waals surface area contributed by atoms with Crippen LogP contribution in [0.1, 0.15) is 26.3 Å². The maximum absolute atomic E-state index is 13.8. The van der Waals surface area contributed by atoms with Crippen LogP contribution in [0, 0.1) is 5.92 Å². The van der Waals surface area contributed by atoms with E-state index in [1.807, 2.05) is 18.2 Å². The van der Waals surface area contributed by atoms with Crippen LogP contribution >= 0.6 is 0 Å². The molecular weight excluding hydrogens is 410 g/mol. The molecule has 8 nitrogen and oxygen atoms in total. The fourth-order valence-corrected chi connectivity index (χ4v) is 4.02. The van der Waals surface area contributed by atoms with Crippen LogP contribution in [-0.2, 0) is 22.5 Å². The Balaban J connectivity index is 1.71. The molecule has 1 fully saturated rings. The molecule has 166 valence electrons. The Labute approximate surface area is 177 Å². The van der Waals surface area contributed by atoms with Gasteiger partial charge in [-0.05, 0) is 38.0 Å². The maximum Gasteiger partial charge on any atom is 0.416 e. The number of primary amides is 1. The molecule has 4 rings (SSSR count). The molecule has 2 atom stereocenters.